The number of aryl methyl sites for hydroxylation is 1. The number of hydrogen-bond donors (Lipinski definition) is 2. The van der Waals surface area contributed by atoms with E-state index >= 15 is 0 Å². The van der Waals surface area contributed by atoms with E-state index in [0.717, 1.165) is 29.1 Å². The highest BCUT2D eigenvalue weighted by atomic mass is 35.5. The smallest absolute Gasteiger partial charge is 0.225 e. The van der Waals surface area contributed by atoms with Gasteiger partial charge >= 0.3 is 0 Å². The number of halogens is 2. The zero-order chi connectivity index (χ0) is 16.2. The van der Waals surface area contributed by atoms with Gasteiger partial charge in [0.05, 0.1) is 12.1 Å². The molecule has 2 aromatic rings. The van der Waals surface area contributed by atoms with Gasteiger partial charge in [0.15, 0.2) is 0 Å². The normalized spacial score (nSPS) is 19.8. The average Bonchev–Trinajstić information content (AvgIpc) is 3.15. The van der Waals surface area contributed by atoms with E-state index in [0.29, 0.717) is 13.1 Å². The first-order valence-corrected chi connectivity index (χ1v) is 8.22. The summed E-state index contributed by atoms with van der Waals surface area (Å²) in [6, 6.07) is 7.74. The monoisotopic (exact) mass is 368 g/mol. The van der Waals surface area contributed by atoms with Crippen molar-refractivity contribution in [3.8, 4) is 0 Å². The molecule has 1 aliphatic rings. The lowest BCUT2D eigenvalue weighted by Gasteiger charge is -2.17. The highest BCUT2D eigenvalue weighted by Gasteiger charge is 2.34. The van der Waals surface area contributed by atoms with Gasteiger partial charge < -0.3 is 10.6 Å². The SMILES string of the molecule is Cl.Cn1cc([C@H]2CNC[C@@H]2C(=O)NCCc2cccc(Cl)c2)cn1. The molecule has 7 heteroatoms. The van der Waals surface area contributed by atoms with E-state index in [2.05, 4.69) is 15.7 Å². The number of aromatic nitrogens is 2. The van der Waals surface area contributed by atoms with Gasteiger partial charge in [-0.2, -0.15) is 5.10 Å². The molecule has 0 saturated carbocycles. The van der Waals surface area contributed by atoms with Crippen LogP contribution in [0.4, 0.5) is 0 Å². The summed E-state index contributed by atoms with van der Waals surface area (Å²) >= 11 is 5.98. The zero-order valence-corrected chi connectivity index (χ0v) is 15.1. The molecular formula is C17H22Cl2N4O. The Morgan fingerprint density at radius 2 is 2.29 bits per heavy atom. The molecule has 1 aromatic carbocycles. The Bertz CT molecular complexity index is 689. The van der Waals surface area contributed by atoms with Crippen LogP contribution in [0.3, 0.4) is 0 Å². The number of rotatable bonds is 5. The first-order valence-electron chi connectivity index (χ1n) is 7.85. The number of carbonyl (C=O) groups is 1. The maximum atomic E-state index is 12.5. The summed E-state index contributed by atoms with van der Waals surface area (Å²) in [5, 5.41) is 11.3. The fourth-order valence-corrected chi connectivity index (χ4v) is 3.30. The Morgan fingerprint density at radius 1 is 1.46 bits per heavy atom. The summed E-state index contributed by atoms with van der Waals surface area (Å²) in [4.78, 5) is 12.5. The predicted octanol–water partition coefficient (Wildman–Crippen LogP) is 2.16. The third kappa shape index (κ3) is 4.50. The summed E-state index contributed by atoms with van der Waals surface area (Å²) in [5.74, 6) is 0.249. The first-order chi connectivity index (χ1) is 11.1. The lowest BCUT2D eigenvalue weighted by atomic mass is 9.90. The minimum atomic E-state index is -0.0430. The summed E-state index contributed by atoms with van der Waals surface area (Å²) in [6.45, 7) is 2.15. The first kappa shape index (κ1) is 18.8. The number of nitrogens with zero attached hydrogens (tertiary/aromatic N) is 2. The lowest BCUT2D eigenvalue weighted by Crippen LogP contribution is -2.35. The van der Waals surface area contributed by atoms with E-state index in [-0.39, 0.29) is 30.2 Å². The van der Waals surface area contributed by atoms with Gasteiger partial charge in [0.2, 0.25) is 5.91 Å². The van der Waals surface area contributed by atoms with Crippen molar-refractivity contribution in [1.29, 1.82) is 0 Å². The standard InChI is InChI=1S/C17H21ClN4O.ClH/c1-22-11-13(8-21-22)15-9-19-10-16(15)17(23)20-6-5-12-3-2-4-14(18)7-12;/h2-4,7-8,11,15-16,19H,5-6,9-10H2,1H3,(H,20,23);1H/t15-,16+;/m1./s1. The molecule has 0 aliphatic carbocycles. The third-order valence-corrected chi connectivity index (χ3v) is 4.54. The van der Waals surface area contributed by atoms with Gasteiger partial charge in [-0.1, -0.05) is 23.7 Å². The Balaban J connectivity index is 0.00000208. The Hall–Kier alpha value is -1.56. The average molecular weight is 369 g/mol. The van der Waals surface area contributed by atoms with Crippen LogP contribution in [0.25, 0.3) is 0 Å². The molecule has 1 aromatic heterocycles. The van der Waals surface area contributed by atoms with Gasteiger partial charge in [-0.3, -0.25) is 9.48 Å². The molecule has 24 heavy (non-hydrogen) atoms. The van der Waals surface area contributed by atoms with Gasteiger partial charge in [-0.05, 0) is 29.7 Å². The van der Waals surface area contributed by atoms with E-state index in [1.807, 2.05) is 43.7 Å². The van der Waals surface area contributed by atoms with Crippen LogP contribution in [0.15, 0.2) is 36.7 Å². The number of amides is 1. The fraction of sp³-hybridized carbons (Fsp3) is 0.412. The van der Waals surface area contributed by atoms with Gasteiger partial charge in [-0.15, -0.1) is 12.4 Å². The molecule has 2 heterocycles. The molecule has 3 rings (SSSR count). The topological polar surface area (TPSA) is 59.0 Å². The van der Waals surface area contributed by atoms with Crippen LogP contribution in [-0.2, 0) is 18.3 Å². The van der Waals surface area contributed by atoms with Gasteiger partial charge in [-0.25, -0.2) is 0 Å². The number of benzene rings is 1. The van der Waals surface area contributed by atoms with Crippen LogP contribution in [0, 0.1) is 5.92 Å². The van der Waals surface area contributed by atoms with E-state index < -0.39 is 0 Å². The summed E-state index contributed by atoms with van der Waals surface area (Å²) in [5.41, 5.74) is 2.25. The van der Waals surface area contributed by atoms with Crippen molar-refractivity contribution in [3.63, 3.8) is 0 Å². The summed E-state index contributed by atoms with van der Waals surface area (Å²) < 4.78 is 1.78. The molecule has 1 aliphatic heterocycles. The molecule has 0 unspecified atom stereocenters. The molecule has 0 radical (unpaired) electrons. The second-order valence-corrected chi connectivity index (χ2v) is 6.43. The maximum Gasteiger partial charge on any atom is 0.225 e. The number of carbonyl (C=O) groups excluding carboxylic acids is 1. The molecule has 2 N–H and O–H groups in total. The molecule has 0 spiro atoms. The van der Waals surface area contributed by atoms with E-state index in [9.17, 15) is 4.79 Å². The van der Waals surface area contributed by atoms with Gasteiger partial charge in [0.1, 0.15) is 0 Å². The highest BCUT2D eigenvalue weighted by Crippen LogP contribution is 2.27. The Kier molecular flexibility index (Phi) is 6.66. The number of nitrogens with one attached hydrogen (secondary N) is 2. The van der Waals surface area contributed by atoms with Crippen molar-refractivity contribution >= 4 is 29.9 Å². The minimum absolute atomic E-state index is 0. The molecule has 2 atom stereocenters. The van der Waals surface area contributed by atoms with E-state index in [1.54, 1.807) is 4.68 Å². The van der Waals surface area contributed by atoms with Gasteiger partial charge in [0.25, 0.3) is 0 Å². The van der Waals surface area contributed by atoms with Crippen molar-refractivity contribution in [3.05, 3.63) is 52.8 Å². The van der Waals surface area contributed by atoms with Crippen LogP contribution in [0.1, 0.15) is 17.0 Å². The van der Waals surface area contributed by atoms with Crippen LogP contribution >= 0.6 is 24.0 Å². The van der Waals surface area contributed by atoms with Crippen molar-refractivity contribution in [2.24, 2.45) is 13.0 Å². The van der Waals surface area contributed by atoms with E-state index in [4.69, 9.17) is 11.6 Å². The van der Waals surface area contributed by atoms with Crippen LogP contribution < -0.4 is 10.6 Å². The van der Waals surface area contributed by atoms with Crippen molar-refractivity contribution in [1.82, 2.24) is 20.4 Å². The molecule has 1 amide bonds. The Morgan fingerprint density at radius 3 is 3.00 bits per heavy atom. The third-order valence-electron chi connectivity index (χ3n) is 4.31. The van der Waals surface area contributed by atoms with Gasteiger partial charge in [0, 0.05) is 43.8 Å². The predicted molar refractivity (Wildman–Crippen MR) is 97.7 cm³/mol. The van der Waals surface area contributed by atoms with Crippen LogP contribution in [-0.4, -0.2) is 35.3 Å². The van der Waals surface area contributed by atoms with Crippen LogP contribution in [0.5, 0.6) is 0 Å². The summed E-state index contributed by atoms with van der Waals surface area (Å²) in [6.07, 6.45) is 4.62. The number of hydrogen-bond acceptors (Lipinski definition) is 3. The second kappa shape index (κ2) is 8.51. The fourth-order valence-electron chi connectivity index (χ4n) is 3.09. The molecule has 130 valence electrons. The minimum Gasteiger partial charge on any atom is -0.355 e. The Labute approximate surface area is 153 Å². The highest BCUT2D eigenvalue weighted by molar-refractivity contribution is 6.30. The second-order valence-electron chi connectivity index (χ2n) is 5.99. The quantitative estimate of drug-likeness (QED) is 0.849. The maximum absolute atomic E-state index is 12.5. The van der Waals surface area contributed by atoms with E-state index in [1.165, 1.54) is 0 Å². The molecule has 5 nitrogen and oxygen atoms in total. The lowest BCUT2D eigenvalue weighted by molar-refractivity contribution is -0.124. The summed E-state index contributed by atoms with van der Waals surface area (Å²) in [7, 11) is 1.89. The molecule has 1 saturated heterocycles. The van der Waals surface area contributed by atoms with Crippen molar-refractivity contribution in [2.45, 2.75) is 12.3 Å². The van der Waals surface area contributed by atoms with Crippen molar-refractivity contribution in [2.75, 3.05) is 19.6 Å². The largest absolute Gasteiger partial charge is 0.355 e. The molecular weight excluding hydrogens is 347 g/mol. The van der Waals surface area contributed by atoms with Crippen molar-refractivity contribution < 1.29 is 4.79 Å². The zero-order valence-electron chi connectivity index (χ0n) is 13.5. The molecule has 1 fully saturated rings. The van der Waals surface area contributed by atoms with Crippen LogP contribution in [0.2, 0.25) is 5.02 Å². The molecule has 0 bridgehead atoms.